The molecule has 0 aliphatic heterocycles. The summed E-state index contributed by atoms with van der Waals surface area (Å²) in [4.78, 5) is 73.1. The lowest BCUT2D eigenvalue weighted by molar-refractivity contribution is -0.161. The van der Waals surface area contributed by atoms with E-state index in [-0.39, 0.29) is 25.7 Å². The molecule has 19 heteroatoms. The van der Waals surface area contributed by atoms with Crippen molar-refractivity contribution in [1.82, 2.24) is 0 Å². The molecule has 0 aliphatic carbocycles. The summed E-state index contributed by atoms with van der Waals surface area (Å²) < 4.78 is 68.7. The van der Waals surface area contributed by atoms with E-state index < -0.39 is 97.5 Å². The van der Waals surface area contributed by atoms with Crippen LogP contribution in [0.3, 0.4) is 0 Å². The molecule has 0 aliphatic rings. The van der Waals surface area contributed by atoms with Crippen LogP contribution in [0.1, 0.15) is 434 Å². The van der Waals surface area contributed by atoms with Crippen molar-refractivity contribution in [3.63, 3.8) is 0 Å². The monoisotopic (exact) mass is 1490 g/mol. The normalized spacial score (nSPS) is 14.7. The van der Waals surface area contributed by atoms with Gasteiger partial charge in [-0.25, -0.2) is 9.13 Å². The zero-order chi connectivity index (χ0) is 75.1. The largest absolute Gasteiger partial charge is 0.472 e. The maximum atomic E-state index is 13.1. The molecule has 3 N–H and O–H groups in total. The first-order valence-electron chi connectivity index (χ1n) is 43.0. The van der Waals surface area contributed by atoms with Crippen LogP contribution in [0.5, 0.6) is 0 Å². The Labute approximate surface area is 626 Å². The highest BCUT2D eigenvalue weighted by Gasteiger charge is 2.30. The summed E-state index contributed by atoms with van der Waals surface area (Å²) in [6.07, 6.45) is 62.6. The zero-order valence-corrected chi connectivity index (χ0v) is 68.9. The summed E-state index contributed by atoms with van der Waals surface area (Å²) in [5.41, 5.74) is 0. The number of esters is 4. The van der Waals surface area contributed by atoms with Crippen LogP contribution in [-0.2, 0) is 65.4 Å². The van der Waals surface area contributed by atoms with Crippen LogP contribution < -0.4 is 0 Å². The molecule has 0 spiro atoms. The Balaban J connectivity index is 5.22. The Hall–Kier alpha value is -1.94. The van der Waals surface area contributed by atoms with Crippen LogP contribution in [0.4, 0.5) is 0 Å². The predicted octanol–water partition coefficient (Wildman–Crippen LogP) is 24.9. The van der Waals surface area contributed by atoms with Gasteiger partial charge in [-0.3, -0.25) is 37.3 Å². The quantitative estimate of drug-likeness (QED) is 0.0222. The Kier molecular flexibility index (Phi) is 71.8. The first kappa shape index (κ1) is 100. The zero-order valence-electron chi connectivity index (χ0n) is 67.1. The molecule has 0 bridgehead atoms. The highest BCUT2D eigenvalue weighted by atomic mass is 31.2. The average molecular weight is 1490 g/mol. The van der Waals surface area contributed by atoms with Gasteiger partial charge >= 0.3 is 39.5 Å². The van der Waals surface area contributed by atoms with E-state index in [4.69, 9.17) is 37.0 Å². The minimum absolute atomic E-state index is 0.104. The second kappa shape index (κ2) is 73.2. The molecule has 0 aromatic heterocycles. The molecule has 8 atom stereocenters. The van der Waals surface area contributed by atoms with Gasteiger partial charge in [0.1, 0.15) is 19.3 Å². The van der Waals surface area contributed by atoms with Crippen LogP contribution >= 0.6 is 15.6 Å². The maximum absolute atomic E-state index is 13.1. The van der Waals surface area contributed by atoms with Gasteiger partial charge in [0.05, 0.1) is 26.4 Å². The lowest BCUT2D eigenvalue weighted by Crippen LogP contribution is -2.30. The fourth-order valence-electron chi connectivity index (χ4n) is 12.7. The first-order valence-corrected chi connectivity index (χ1v) is 46.0. The number of hydrogen-bond acceptors (Lipinski definition) is 15. The van der Waals surface area contributed by atoms with Gasteiger partial charge in [-0.05, 0) is 43.4 Å². The number of phosphoric ester groups is 2. The summed E-state index contributed by atoms with van der Waals surface area (Å²) in [7, 11) is -9.92. The van der Waals surface area contributed by atoms with Crippen molar-refractivity contribution in [2.24, 2.45) is 17.8 Å². The fraction of sp³-hybridized carbons (Fsp3) is 0.952. The van der Waals surface area contributed by atoms with Gasteiger partial charge in [-0.1, -0.05) is 382 Å². The van der Waals surface area contributed by atoms with Gasteiger partial charge in [-0.15, -0.1) is 0 Å². The molecule has 0 saturated carbocycles. The van der Waals surface area contributed by atoms with Crippen molar-refractivity contribution in [3.05, 3.63) is 0 Å². The van der Waals surface area contributed by atoms with Gasteiger partial charge in [-0.2, -0.15) is 0 Å². The third-order valence-electron chi connectivity index (χ3n) is 20.5. The van der Waals surface area contributed by atoms with Crippen LogP contribution in [-0.4, -0.2) is 96.7 Å². The molecule has 5 unspecified atom stereocenters. The lowest BCUT2D eigenvalue weighted by atomic mass is 9.99. The number of hydrogen-bond donors (Lipinski definition) is 3. The van der Waals surface area contributed by atoms with Crippen molar-refractivity contribution < 1.29 is 80.2 Å². The van der Waals surface area contributed by atoms with Crippen LogP contribution in [0.2, 0.25) is 0 Å². The predicted molar refractivity (Wildman–Crippen MR) is 418 cm³/mol. The van der Waals surface area contributed by atoms with Crippen LogP contribution in [0.25, 0.3) is 0 Å². The van der Waals surface area contributed by atoms with Gasteiger partial charge < -0.3 is 33.8 Å². The SMILES string of the molecule is CCCCCCCCCCCCCCCCCCCCCCCCC(=O)O[C@H](COC(=O)CCCCCCCCCCCCCCCCC(C)CC)COP(=O)(O)OC[C@@H](O)COP(=O)(O)OC[C@@H](COC(=O)CCCCCCCCC(C)CC)OC(=O)CCCCCCCCCCC(C)CC. The molecule has 0 aromatic rings. The summed E-state index contributed by atoms with van der Waals surface area (Å²) in [6, 6.07) is 0. The summed E-state index contributed by atoms with van der Waals surface area (Å²) >= 11 is 0. The van der Waals surface area contributed by atoms with Gasteiger partial charge in [0.2, 0.25) is 0 Å². The number of unbranched alkanes of at least 4 members (excludes halogenated alkanes) is 46. The van der Waals surface area contributed by atoms with Crippen molar-refractivity contribution >= 4 is 39.5 Å². The van der Waals surface area contributed by atoms with E-state index in [1.54, 1.807) is 0 Å². The van der Waals surface area contributed by atoms with E-state index in [2.05, 4.69) is 48.5 Å². The molecule has 0 saturated heterocycles. The molecular formula is C83H162O17P2. The highest BCUT2D eigenvalue weighted by molar-refractivity contribution is 7.47. The second-order valence-corrected chi connectivity index (χ2v) is 33.5. The topological polar surface area (TPSA) is 237 Å². The summed E-state index contributed by atoms with van der Waals surface area (Å²) in [5, 5.41) is 10.6. The number of phosphoric acid groups is 2. The molecule has 0 heterocycles. The molecule has 0 aromatic carbocycles. The number of aliphatic hydroxyl groups is 1. The van der Waals surface area contributed by atoms with Crippen LogP contribution in [0.15, 0.2) is 0 Å². The van der Waals surface area contributed by atoms with E-state index >= 15 is 0 Å². The molecule has 0 rings (SSSR count). The Bertz CT molecular complexity index is 1980. The highest BCUT2D eigenvalue weighted by Crippen LogP contribution is 2.45. The van der Waals surface area contributed by atoms with Gasteiger partial charge in [0.15, 0.2) is 12.2 Å². The first-order chi connectivity index (χ1) is 49.3. The third-order valence-corrected chi connectivity index (χ3v) is 22.4. The Morgan fingerprint density at radius 3 is 0.696 bits per heavy atom. The lowest BCUT2D eigenvalue weighted by Gasteiger charge is -2.21. The fourth-order valence-corrected chi connectivity index (χ4v) is 14.3. The molecule has 17 nitrogen and oxygen atoms in total. The number of rotatable bonds is 81. The van der Waals surface area contributed by atoms with Crippen molar-refractivity contribution in [2.45, 2.75) is 452 Å². The molecular weight excluding hydrogens is 1330 g/mol. The van der Waals surface area contributed by atoms with Gasteiger partial charge in [0, 0.05) is 25.7 Å². The molecule has 0 radical (unpaired) electrons. The van der Waals surface area contributed by atoms with Gasteiger partial charge in [0.25, 0.3) is 0 Å². The maximum Gasteiger partial charge on any atom is 0.472 e. The molecule has 0 amide bonds. The molecule has 102 heavy (non-hydrogen) atoms. The van der Waals surface area contributed by atoms with Crippen LogP contribution in [0, 0.1) is 17.8 Å². The number of carbonyl (C=O) groups excluding carboxylic acids is 4. The van der Waals surface area contributed by atoms with E-state index in [1.165, 1.54) is 238 Å². The standard InChI is InChI=1S/C83H162O17P2/c1-8-12-13-14-15-16-17-18-19-20-21-22-23-24-25-26-31-34-37-43-52-59-66-82(87)99-78(70-93-80(85)64-57-50-42-36-33-30-28-27-29-32-35-40-47-54-61-74(5)9-2)72-97-101(89,90)95-68-77(84)69-96-102(91,92)98-73-79(71-94-81(86)65-58-51-46-45-49-56-63-76(7)11-4)100-83(88)67-60-53-44-39-38-41-48-55-62-75(6)10-3/h74-79,84H,8-73H2,1-7H3,(H,89,90)(H,91,92)/t74?,75?,76?,77-,78-,79-/m1/s1. The Morgan fingerprint density at radius 1 is 0.275 bits per heavy atom. The average Bonchev–Trinajstić information content (AvgIpc) is 0.915. The third kappa shape index (κ3) is 72.3. The molecule has 606 valence electrons. The van der Waals surface area contributed by atoms with E-state index in [0.717, 1.165) is 114 Å². The Morgan fingerprint density at radius 2 is 0.471 bits per heavy atom. The van der Waals surface area contributed by atoms with E-state index in [9.17, 15) is 43.2 Å². The van der Waals surface area contributed by atoms with Crippen molar-refractivity contribution in [3.8, 4) is 0 Å². The van der Waals surface area contributed by atoms with Crippen molar-refractivity contribution in [1.29, 1.82) is 0 Å². The molecule has 0 fully saturated rings. The minimum Gasteiger partial charge on any atom is -0.462 e. The van der Waals surface area contributed by atoms with E-state index in [1.807, 2.05) is 0 Å². The minimum atomic E-state index is -4.96. The number of aliphatic hydroxyl groups excluding tert-OH is 1. The van der Waals surface area contributed by atoms with E-state index in [0.29, 0.717) is 25.7 Å². The summed E-state index contributed by atoms with van der Waals surface area (Å²) in [6.45, 7) is 12.0. The number of ether oxygens (including phenoxy) is 4. The second-order valence-electron chi connectivity index (χ2n) is 30.6. The smallest absolute Gasteiger partial charge is 0.462 e. The summed E-state index contributed by atoms with van der Waals surface area (Å²) in [5.74, 6) is 0.237. The van der Waals surface area contributed by atoms with Crippen molar-refractivity contribution in [2.75, 3.05) is 39.6 Å². The number of carbonyl (C=O) groups is 4.